The van der Waals surface area contributed by atoms with Crippen LogP contribution in [0.25, 0.3) is 0 Å². The van der Waals surface area contributed by atoms with Crippen molar-refractivity contribution < 1.29 is 13.2 Å². The quantitative estimate of drug-likeness (QED) is 0.808. The summed E-state index contributed by atoms with van der Waals surface area (Å²) in [5.74, 6) is 0.180. The molecule has 2 aliphatic heterocycles. The lowest BCUT2D eigenvalue weighted by Gasteiger charge is -2.25. The van der Waals surface area contributed by atoms with Crippen LogP contribution in [0.15, 0.2) is 53.5 Å². The summed E-state index contributed by atoms with van der Waals surface area (Å²) in [5, 5.41) is 3.45. The number of carbonyl (C=O) groups is 1. The fourth-order valence-electron chi connectivity index (χ4n) is 3.67. The number of benzene rings is 2. The van der Waals surface area contributed by atoms with Crippen molar-refractivity contribution in [2.45, 2.75) is 24.8 Å². The fourth-order valence-corrected chi connectivity index (χ4v) is 7.45. The van der Waals surface area contributed by atoms with Gasteiger partial charge >= 0.3 is 0 Å². The van der Waals surface area contributed by atoms with E-state index in [9.17, 15) is 13.2 Å². The molecule has 1 N–H and O–H groups in total. The number of nitrogens with one attached hydrogen (secondary N) is 1. The van der Waals surface area contributed by atoms with Gasteiger partial charge in [-0.3, -0.25) is 9.79 Å². The van der Waals surface area contributed by atoms with Gasteiger partial charge in [0, 0.05) is 23.5 Å². The van der Waals surface area contributed by atoms with Gasteiger partial charge in [-0.15, -0.1) is 0 Å². The molecule has 0 aromatic heterocycles. The molecule has 2 atom stereocenters. The van der Waals surface area contributed by atoms with Crippen LogP contribution in [0.2, 0.25) is 0 Å². The lowest BCUT2D eigenvalue weighted by atomic mass is 10.1. The molecule has 152 valence electrons. The Morgan fingerprint density at radius 1 is 1.21 bits per heavy atom. The number of hydrogen-bond acceptors (Lipinski definition) is 6. The Morgan fingerprint density at radius 2 is 1.97 bits per heavy atom. The number of nitrogens with zero attached hydrogens (tertiary/aromatic N) is 2. The standard InChI is InChI=1S/C21H23N3O3S2/c1-14-4-3-5-15(10-14)11-24(17-8-6-16(7-9-17)20(25)22-2)21-23-18-12-29(26,27)13-19(18)28-21/h3-10,18-19H,11-13H2,1-2H3,(H,22,25). The van der Waals surface area contributed by atoms with Gasteiger partial charge in [0.05, 0.1) is 24.1 Å². The molecule has 2 aromatic rings. The third-order valence-corrected chi connectivity index (χ3v) is 8.37. The summed E-state index contributed by atoms with van der Waals surface area (Å²) in [6.45, 7) is 2.68. The molecule has 0 radical (unpaired) electrons. The molecule has 1 saturated heterocycles. The van der Waals surface area contributed by atoms with E-state index < -0.39 is 9.84 Å². The first-order chi connectivity index (χ1) is 13.8. The van der Waals surface area contributed by atoms with Gasteiger partial charge in [-0.25, -0.2) is 8.42 Å². The maximum absolute atomic E-state index is 11.9. The number of fused-ring (bicyclic) bond motifs is 1. The molecule has 6 nitrogen and oxygen atoms in total. The SMILES string of the molecule is CNC(=O)c1ccc(N(Cc2cccc(C)c2)C2=NC3CS(=O)(=O)CC3S2)cc1. The van der Waals surface area contributed by atoms with Crippen molar-refractivity contribution in [3.05, 3.63) is 65.2 Å². The van der Waals surface area contributed by atoms with Crippen molar-refractivity contribution in [2.24, 2.45) is 4.99 Å². The fraction of sp³-hybridized carbons (Fsp3) is 0.333. The number of amidine groups is 1. The first-order valence-electron chi connectivity index (χ1n) is 9.45. The molecule has 0 saturated carbocycles. The molecule has 29 heavy (non-hydrogen) atoms. The van der Waals surface area contributed by atoms with Crippen molar-refractivity contribution >= 4 is 38.4 Å². The molecular weight excluding hydrogens is 406 g/mol. The second-order valence-corrected chi connectivity index (χ2v) is 10.8. The minimum Gasteiger partial charge on any atom is -0.355 e. The number of aliphatic imine (C=N–C) groups is 1. The smallest absolute Gasteiger partial charge is 0.251 e. The van der Waals surface area contributed by atoms with Gasteiger partial charge in [0.15, 0.2) is 15.0 Å². The third kappa shape index (κ3) is 4.33. The summed E-state index contributed by atoms with van der Waals surface area (Å²) >= 11 is 1.54. The molecule has 4 rings (SSSR count). The highest BCUT2D eigenvalue weighted by Gasteiger charge is 2.44. The monoisotopic (exact) mass is 429 g/mol. The summed E-state index contributed by atoms with van der Waals surface area (Å²) in [6.07, 6.45) is 0. The minimum absolute atomic E-state index is 0.0137. The zero-order valence-corrected chi connectivity index (χ0v) is 18.0. The van der Waals surface area contributed by atoms with Crippen LogP contribution in [-0.2, 0) is 16.4 Å². The summed E-state index contributed by atoms with van der Waals surface area (Å²) in [6, 6.07) is 15.5. The summed E-state index contributed by atoms with van der Waals surface area (Å²) in [4.78, 5) is 18.7. The van der Waals surface area contributed by atoms with E-state index >= 15 is 0 Å². The molecule has 1 fully saturated rings. The molecule has 0 aliphatic carbocycles. The van der Waals surface area contributed by atoms with Crippen LogP contribution in [-0.4, -0.2) is 49.3 Å². The van der Waals surface area contributed by atoms with E-state index in [0.717, 1.165) is 16.4 Å². The predicted octanol–water partition coefficient (Wildman–Crippen LogP) is 2.63. The van der Waals surface area contributed by atoms with Crippen LogP contribution in [0.5, 0.6) is 0 Å². The van der Waals surface area contributed by atoms with Crippen LogP contribution in [0.3, 0.4) is 0 Å². The first kappa shape index (κ1) is 20.0. The second-order valence-electron chi connectivity index (χ2n) is 7.41. The second kappa shape index (κ2) is 7.84. The molecular formula is C21H23N3O3S2. The van der Waals surface area contributed by atoms with Crippen molar-refractivity contribution in [1.29, 1.82) is 0 Å². The zero-order valence-electron chi connectivity index (χ0n) is 16.3. The van der Waals surface area contributed by atoms with Crippen molar-refractivity contribution in [3.63, 3.8) is 0 Å². The number of rotatable bonds is 4. The average Bonchev–Trinajstić information content (AvgIpc) is 3.19. The Labute approximate surface area is 175 Å². The van der Waals surface area contributed by atoms with E-state index in [1.165, 1.54) is 5.56 Å². The topological polar surface area (TPSA) is 78.8 Å². The van der Waals surface area contributed by atoms with Crippen LogP contribution in [0.4, 0.5) is 5.69 Å². The molecule has 8 heteroatoms. The third-order valence-electron chi connectivity index (χ3n) is 5.13. The highest BCUT2D eigenvalue weighted by atomic mass is 32.2. The number of hydrogen-bond donors (Lipinski definition) is 1. The molecule has 2 aromatic carbocycles. The Kier molecular flexibility index (Phi) is 5.40. The van der Waals surface area contributed by atoms with Gasteiger partial charge in [-0.1, -0.05) is 41.6 Å². The molecule has 1 amide bonds. The number of thioether (sulfide) groups is 1. The van der Waals surface area contributed by atoms with E-state index in [4.69, 9.17) is 4.99 Å². The number of sulfone groups is 1. The van der Waals surface area contributed by atoms with Crippen LogP contribution < -0.4 is 10.2 Å². The van der Waals surface area contributed by atoms with Crippen LogP contribution >= 0.6 is 11.8 Å². The van der Waals surface area contributed by atoms with Gasteiger partial charge in [0.25, 0.3) is 5.91 Å². The van der Waals surface area contributed by atoms with Crippen LogP contribution in [0.1, 0.15) is 21.5 Å². The normalized spacial score (nSPS) is 22.1. The lowest BCUT2D eigenvalue weighted by molar-refractivity contribution is 0.0963. The minimum atomic E-state index is -2.99. The number of amides is 1. The Hall–Kier alpha value is -2.32. The van der Waals surface area contributed by atoms with E-state index in [1.54, 1.807) is 30.9 Å². The van der Waals surface area contributed by atoms with E-state index in [-0.39, 0.29) is 28.7 Å². The van der Waals surface area contributed by atoms with Crippen molar-refractivity contribution in [3.8, 4) is 0 Å². The number of carbonyl (C=O) groups excluding carboxylic acids is 1. The number of aryl methyl sites for hydroxylation is 1. The van der Waals surface area contributed by atoms with E-state index in [0.29, 0.717) is 12.1 Å². The van der Waals surface area contributed by atoms with Gasteiger partial charge in [-0.05, 0) is 36.8 Å². The van der Waals surface area contributed by atoms with Gasteiger partial charge in [0.1, 0.15) is 0 Å². The van der Waals surface area contributed by atoms with Gasteiger partial charge in [-0.2, -0.15) is 0 Å². The van der Waals surface area contributed by atoms with E-state index in [1.807, 2.05) is 18.2 Å². The molecule has 2 unspecified atom stereocenters. The highest BCUT2D eigenvalue weighted by Crippen LogP contribution is 2.37. The Balaban J connectivity index is 1.66. The molecule has 2 heterocycles. The zero-order chi connectivity index (χ0) is 20.6. The van der Waals surface area contributed by atoms with Gasteiger partial charge in [0.2, 0.25) is 0 Å². The van der Waals surface area contributed by atoms with E-state index in [2.05, 4.69) is 35.3 Å². The first-order valence-corrected chi connectivity index (χ1v) is 12.1. The maximum atomic E-state index is 11.9. The molecule has 0 spiro atoms. The van der Waals surface area contributed by atoms with Crippen molar-refractivity contribution in [2.75, 3.05) is 23.5 Å². The number of anilines is 1. The summed E-state index contributed by atoms with van der Waals surface area (Å²) in [5.41, 5.74) is 3.85. The summed E-state index contributed by atoms with van der Waals surface area (Å²) in [7, 11) is -1.38. The highest BCUT2D eigenvalue weighted by molar-refractivity contribution is 8.15. The lowest BCUT2D eigenvalue weighted by Crippen LogP contribution is -2.28. The predicted molar refractivity (Wildman–Crippen MR) is 118 cm³/mol. The van der Waals surface area contributed by atoms with Gasteiger partial charge < -0.3 is 10.2 Å². The average molecular weight is 430 g/mol. The molecule has 2 aliphatic rings. The molecule has 0 bridgehead atoms. The Bertz CT molecular complexity index is 1060. The largest absolute Gasteiger partial charge is 0.355 e. The van der Waals surface area contributed by atoms with Crippen molar-refractivity contribution in [1.82, 2.24) is 5.32 Å². The maximum Gasteiger partial charge on any atom is 0.251 e. The Morgan fingerprint density at radius 3 is 2.62 bits per heavy atom. The summed E-state index contributed by atoms with van der Waals surface area (Å²) < 4.78 is 23.8. The van der Waals surface area contributed by atoms with Crippen LogP contribution in [0, 0.1) is 6.92 Å².